The van der Waals surface area contributed by atoms with Gasteiger partial charge in [-0.2, -0.15) is 0 Å². The van der Waals surface area contributed by atoms with E-state index >= 15 is 0 Å². The van der Waals surface area contributed by atoms with Crippen molar-refractivity contribution >= 4 is 5.91 Å². The van der Waals surface area contributed by atoms with Gasteiger partial charge in [-0.25, -0.2) is 0 Å². The van der Waals surface area contributed by atoms with Gasteiger partial charge in [0, 0.05) is 12.1 Å². The van der Waals surface area contributed by atoms with Crippen LogP contribution >= 0.6 is 0 Å². The third kappa shape index (κ3) is 3.95. The van der Waals surface area contributed by atoms with Crippen LogP contribution in [0.25, 0.3) is 0 Å². The molecule has 2 saturated carbocycles. The topological polar surface area (TPSA) is 52.6 Å². The van der Waals surface area contributed by atoms with Crippen molar-refractivity contribution in [2.75, 3.05) is 7.05 Å². The largest absolute Gasteiger partial charge is 0.391 e. The molecule has 0 aromatic rings. The maximum absolute atomic E-state index is 12.4. The Hall–Kier alpha value is -0.610. The molecular formula is C16H30N2O2. The van der Waals surface area contributed by atoms with Gasteiger partial charge >= 0.3 is 0 Å². The van der Waals surface area contributed by atoms with Crippen molar-refractivity contribution in [1.82, 2.24) is 10.2 Å². The third-order valence-electron chi connectivity index (χ3n) is 5.16. The summed E-state index contributed by atoms with van der Waals surface area (Å²) in [6.07, 6.45) is 9.85. The summed E-state index contributed by atoms with van der Waals surface area (Å²) >= 11 is 0. The van der Waals surface area contributed by atoms with E-state index in [0.29, 0.717) is 6.04 Å². The monoisotopic (exact) mass is 282 g/mol. The lowest BCUT2D eigenvalue weighted by atomic mass is 9.90. The Morgan fingerprint density at radius 3 is 2.35 bits per heavy atom. The lowest BCUT2D eigenvalue weighted by Gasteiger charge is -2.38. The maximum atomic E-state index is 12.4. The summed E-state index contributed by atoms with van der Waals surface area (Å²) in [6, 6.07) is 0.342. The summed E-state index contributed by atoms with van der Waals surface area (Å²) in [5.74, 6) is 0.122. The van der Waals surface area contributed by atoms with Crippen LogP contribution in [0.15, 0.2) is 0 Å². The van der Waals surface area contributed by atoms with Crippen LogP contribution in [0.1, 0.15) is 64.7 Å². The van der Waals surface area contributed by atoms with Crippen LogP contribution in [0.5, 0.6) is 0 Å². The highest BCUT2D eigenvalue weighted by Gasteiger charge is 2.32. The molecular weight excluding hydrogens is 252 g/mol. The molecule has 0 bridgehead atoms. The molecule has 116 valence electrons. The van der Waals surface area contributed by atoms with E-state index in [1.165, 1.54) is 19.3 Å². The second-order valence-electron chi connectivity index (χ2n) is 6.60. The average molecular weight is 282 g/mol. The average Bonchev–Trinajstić information content (AvgIpc) is 2.47. The Morgan fingerprint density at radius 1 is 1.10 bits per heavy atom. The van der Waals surface area contributed by atoms with Crippen molar-refractivity contribution in [3.8, 4) is 0 Å². The van der Waals surface area contributed by atoms with Gasteiger partial charge in [0.15, 0.2) is 0 Å². The molecule has 0 aliphatic heterocycles. The summed E-state index contributed by atoms with van der Waals surface area (Å²) in [5.41, 5.74) is 0. The summed E-state index contributed by atoms with van der Waals surface area (Å²) in [6.45, 7) is 1.96. The number of hydrogen-bond acceptors (Lipinski definition) is 3. The van der Waals surface area contributed by atoms with E-state index in [2.05, 4.69) is 10.2 Å². The lowest BCUT2D eigenvalue weighted by molar-refractivity contribution is -0.128. The minimum Gasteiger partial charge on any atom is -0.391 e. The van der Waals surface area contributed by atoms with Crippen LogP contribution in [-0.4, -0.2) is 47.2 Å². The van der Waals surface area contributed by atoms with E-state index in [1.807, 2.05) is 14.0 Å². The van der Waals surface area contributed by atoms with Gasteiger partial charge < -0.3 is 10.4 Å². The number of aliphatic hydroxyl groups is 1. The summed E-state index contributed by atoms with van der Waals surface area (Å²) < 4.78 is 0. The number of hydrogen-bond donors (Lipinski definition) is 2. The standard InChI is InChI=1S/C16H30N2O2/c1-12(16(20)17-13-8-4-3-5-9-13)18(2)14-10-6-7-11-15(14)19/h12-15,19H,3-11H2,1-2H3,(H,17,20). The number of rotatable bonds is 4. The Morgan fingerprint density at radius 2 is 1.70 bits per heavy atom. The second-order valence-corrected chi connectivity index (χ2v) is 6.60. The van der Waals surface area contributed by atoms with Crippen LogP contribution < -0.4 is 5.32 Å². The first-order valence-electron chi connectivity index (χ1n) is 8.30. The molecule has 0 aromatic heterocycles. The van der Waals surface area contributed by atoms with Crippen molar-refractivity contribution in [3.63, 3.8) is 0 Å². The first-order chi connectivity index (χ1) is 9.59. The highest BCUT2D eigenvalue weighted by Crippen LogP contribution is 2.24. The van der Waals surface area contributed by atoms with Crippen molar-refractivity contribution in [2.24, 2.45) is 0 Å². The molecule has 3 unspecified atom stereocenters. The van der Waals surface area contributed by atoms with Crippen molar-refractivity contribution in [1.29, 1.82) is 0 Å². The Labute approximate surface area is 122 Å². The number of aliphatic hydroxyl groups excluding tert-OH is 1. The SMILES string of the molecule is CC(C(=O)NC1CCCCC1)N(C)C1CCCCC1O. The van der Waals surface area contributed by atoms with Crippen molar-refractivity contribution in [3.05, 3.63) is 0 Å². The van der Waals surface area contributed by atoms with E-state index < -0.39 is 0 Å². The zero-order valence-corrected chi connectivity index (χ0v) is 13.0. The van der Waals surface area contributed by atoms with Gasteiger partial charge in [0.1, 0.15) is 0 Å². The van der Waals surface area contributed by atoms with Crippen LogP contribution in [0.2, 0.25) is 0 Å². The molecule has 2 N–H and O–H groups in total. The number of carbonyl (C=O) groups is 1. The number of nitrogens with zero attached hydrogens (tertiary/aromatic N) is 1. The fraction of sp³-hybridized carbons (Fsp3) is 0.938. The molecule has 0 saturated heterocycles. The predicted octanol–water partition coefficient (Wildman–Crippen LogP) is 2.06. The molecule has 1 amide bonds. The quantitative estimate of drug-likeness (QED) is 0.830. The number of likely N-dealkylation sites (N-methyl/N-ethyl adjacent to an activating group) is 1. The number of nitrogens with one attached hydrogen (secondary N) is 1. The van der Waals surface area contributed by atoms with Crippen molar-refractivity contribution in [2.45, 2.75) is 88.9 Å². The van der Waals surface area contributed by atoms with Gasteiger partial charge in [0.05, 0.1) is 12.1 Å². The van der Waals surface area contributed by atoms with Crippen molar-refractivity contribution < 1.29 is 9.90 Å². The molecule has 2 aliphatic rings. The summed E-state index contributed by atoms with van der Waals surface area (Å²) in [5, 5.41) is 13.3. The number of amides is 1. The molecule has 0 radical (unpaired) electrons. The Bertz CT molecular complexity index is 316. The van der Waals surface area contributed by atoms with E-state index in [4.69, 9.17) is 0 Å². The third-order valence-corrected chi connectivity index (χ3v) is 5.16. The molecule has 4 nitrogen and oxygen atoms in total. The highest BCUT2D eigenvalue weighted by molar-refractivity contribution is 5.81. The lowest BCUT2D eigenvalue weighted by Crippen LogP contribution is -2.54. The molecule has 0 heterocycles. The molecule has 20 heavy (non-hydrogen) atoms. The summed E-state index contributed by atoms with van der Waals surface area (Å²) in [4.78, 5) is 14.4. The van der Waals surface area contributed by atoms with Crippen LogP contribution in [0, 0.1) is 0 Å². The normalized spacial score (nSPS) is 30.2. The second kappa shape index (κ2) is 7.41. The first-order valence-corrected chi connectivity index (χ1v) is 8.30. The number of carbonyl (C=O) groups excluding carboxylic acids is 1. The zero-order chi connectivity index (χ0) is 14.5. The van der Waals surface area contributed by atoms with Gasteiger partial charge in [-0.15, -0.1) is 0 Å². The molecule has 0 aromatic carbocycles. The molecule has 2 rings (SSSR count). The molecule has 4 heteroatoms. The zero-order valence-electron chi connectivity index (χ0n) is 13.0. The van der Waals surface area contributed by atoms with Gasteiger partial charge in [0.25, 0.3) is 0 Å². The molecule has 2 aliphatic carbocycles. The fourth-order valence-electron chi connectivity index (χ4n) is 3.61. The smallest absolute Gasteiger partial charge is 0.237 e. The van der Waals surface area contributed by atoms with Crippen LogP contribution in [-0.2, 0) is 4.79 Å². The van der Waals surface area contributed by atoms with Gasteiger partial charge in [-0.05, 0) is 39.7 Å². The summed E-state index contributed by atoms with van der Waals surface area (Å²) in [7, 11) is 1.98. The molecule has 2 fully saturated rings. The minimum atomic E-state index is -0.279. The van der Waals surface area contributed by atoms with Gasteiger partial charge in [-0.1, -0.05) is 32.1 Å². The molecule has 3 atom stereocenters. The Balaban J connectivity index is 1.84. The molecule has 0 spiro atoms. The van der Waals surface area contributed by atoms with Crippen LogP contribution in [0.3, 0.4) is 0 Å². The fourth-order valence-corrected chi connectivity index (χ4v) is 3.61. The van der Waals surface area contributed by atoms with Gasteiger partial charge in [-0.3, -0.25) is 9.69 Å². The van der Waals surface area contributed by atoms with Gasteiger partial charge in [0.2, 0.25) is 5.91 Å². The first kappa shape index (κ1) is 15.8. The van der Waals surface area contributed by atoms with E-state index in [0.717, 1.165) is 38.5 Å². The Kier molecular flexibility index (Phi) is 5.85. The van der Waals surface area contributed by atoms with Crippen LogP contribution in [0.4, 0.5) is 0 Å². The minimum absolute atomic E-state index is 0.122. The van der Waals surface area contributed by atoms with E-state index in [-0.39, 0.29) is 24.1 Å². The van der Waals surface area contributed by atoms with E-state index in [1.54, 1.807) is 0 Å². The van der Waals surface area contributed by atoms with E-state index in [9.17, 15) is 9.90 Å². The highest BCUT2D eigenvalue weighted by atomic mass is 16.3. The maximum Gasteiger partial charge on any atom is 0.237 e. The predicted molar refractivity (Wildman–Crippen MR) is 80.5 cm³/mol.